The van der Waals surface area contributed by atoms with Gasteiger partial charge >= 0.3 is 12.0 Å². The molecule has 1 heterocycles. The molecule has 1 aliphatic heterocycles. The summed E-state index contributed by atoms with van der Waals surface area (Å²) in [5, 5.41) is 11.8. The first kappa shape index (κ1) is 15.8. The van der Waals surface area contributed by atoms with Gasteiger partial charge in [0.05, 0.1) is 0 Å². The zero-order valence-electron chi connectivity index (χ0n) is 11.9. The molecule has 0 radical (unpaired) electrons. The Bertz CT molecular complexity index is 294. The monoisotopic (exact) mass is 270 g/mol. The van der Waals surface area contributed by atoms with Gasteiger partial charge in [-0.25, -0.2) is 9.59 Å². The van der Waals surface area contributed by atoms with Crippen LogP contribution in [0.15, 0.2) is 0 Å². The second kappa shape index (κ2) is 8.77. The SMILES string of the molecule is CCCCCCCCNC(=O)N1CCC[C@H]1C(=O)O. The van der Waals surface area contributed by atoms with Crippen molar-refractivity contribution in [1.82, 2.24) is 10.2 Å². The highest BCUT2D eigenvalue weighted by Gasteiger charge is 2.33. The zero-order chi connectivity index (χ0) is 14.1. The van der Waals surface area contributed by atoms with E-state index >= 15 is 0 Å². The molecule has 5 nitrogen and oxygen atoms in total. The molecule has 110 valence electrons. The van der Waals surface area contributed by atoms with Gasteiger partial charge in [0, 0.05) is 13.1 Å². The summed E-state index contributed by atoms with van der Waals surface area (Å²) in [6.45, 7) is 3.39. The fourth-order valence-corrected chi connectivity index (χ4v) is 2.47. The molecule has 0 aromatic rings. The van der Waals surface area contributed by atoms with Crippen molar-refractivity contribution < 1.29 is 14.7 Å². The predicted molar refractivity (Wildman–Crippen MR) is 74.1 cm³/mol. The first-order valence-corrected chi connectivity index (χ1v) is 7.44. The van der Waals surface area contributed by atoms with Crippen LogP contribution in [0, 0.1) is 0 Å². The lowest BCUT2D eigenvalue weighted by Gasteiger charge is -2.21. The number of rotatable bonds is 8. The molecule has 1 rings (SSSR count). The quantitative estimate of drug-likeness (QED) is 0.666. The minimum absolute atomic E-state index is 0.224. The maximum Gasteiger partial charge on any atom is 0.326 e. The minimum atomic E-state index is -0.896. The van der Waals surface area contributed by atoms with E-state index < -0.39 is 12.0 Å². The number of carbonyl (C=O) groups excluding carboxylic acids is 1. The Morgan fingerprint density at radius 2 is 1.89 bits per heavy atom. The molecule has 1 saturated heterocycles. The van der Waals surface area contributed by atoms with Crippen LogP contribution in [0.25, 0.3) is 0 Å². The summed E-state index contributed by atoms with van der Waals surface area (Å²) >= 11 is 0. The van der Waals surface area contributed by atoms with Crippen molar-refractivity contribution in [3.63, 3.8) is 0 Å². The van der Waals surface area contributed by atoms with Gasteiger partial charge in [0.15, 0.2) is 0 Å². The van der Waals surface area contributed by atoms with Crippen LogP contribution >= 0.6 is 0 Å². The smallest absolute Gasteiger partial charge is 0.326 e. The number of carbonyl (C=O) groups is 2. The van der Waals surface area contributed by atoms with E-state index in [1.54, 1.807) is 0 Å². The van der Waals surface area contributed by atoms with Gasteiger partial charge in [0.25, 0.3) is 0 Å². The second-order valence-electron chi connectivity index (χ2n) is 5.19. The van der Waals surface area contributed by atoms with Gasteiger partial charge in [0.2, 0.25) is 0 Å². The standard InChI is InChI=1S/C14H26N2O3/c1-2-3-4-5-6-7-10-15-14(19)16-11-8-9-12(16)13(17)18/h12H,2-11H2,1H3,(H,15,19)(H,17,18)/t12-/m0/s1. The van der Waals surface area contributed by atoms with Crippen LogP contribution in [0.2, 0.25) is 0 Å². The maximum atomic E-state index is 11.8. The first-order valence-electron chi connectivity index (χ1n) is 7.44. The van der Waals surface area contributed by atoms with Crippen molar-refractivity contribution in [3.8, 4) is 0 Å². The maximum absolute atomic E-state index is 11.8. The summed E-state index contributed by atoms with van der Waals surface area (Å²) in [5.74, 6) is -0.896. The summed E-state index contributed by atoms with van der Waals surface area (Å²) in [5.41, 5.74) is 0. The number of hydrogen-bond donors (Lipinski definition) is 2. The Hall–Kier alpha value is -1.26. The summed E-state index contributed by atoms with van der Waals surface area (Å²) in [6.07, 6.45) is 8.44. The number of hydrogen-bond acceptors (Lipinski definition) is 2. The number of aliphatic carboxylic acids is 1. The van der Waals surface area contributed by atoms with Gasteiger partial charge in [-0.1, -0.05) is 39.0 Å². The lowest BCUT2D eigenvalue weighted by Crippen LogP contribution is -2.46. The highest BCUT2D eigenvalue weighted by atomic mass is 16.4. The van der Waals surface area contributed by atoms with E-state index in [0.717, 1.165) is 19.3 Å². The average Bonchev–Trinajstić information content (AvgIpc) is 2.87. The summed E-state index contributed by atoms with van der Waals surface area (Å²) in [6, 6.07) is -0.858. The molecule has 5 heteroatoms. The number of nitrogens with one attached hydrogen (secondary N) is 1. The number of unbranched alkanes of at least 4 members (excludes halogenated alkanes) is 5. The lowest BCUT2D eigenvalue weighted by molar-refractivity contribution is -0.141. The third-order valence-corrected chi connectivity index (χ3v) is 3.61. The molecule has 0 bridgehead atoms. The fraction of sp³-hybridized carbons (Fsp3) is 0.857. The number of likely N-dealkylation sites (tertiary alicyclic amines) is 1. The molecule has 0 saturated carbocycles. The molecule has 19 heavy (non-hydrogen) atoms. The fourth-order valence-electron chi connectivity index (χ4n) is 2.47. The highest BCUT2D eigenvalue weighted by Crippen LogP contribution is 2.17. The van der Waals surface area contributed by atoms with Crippen LogP contribution < -0.4 is 5.32 Å². The van der Waals surface area contributed by atoms with Crippen LogP contribution in [-0.2, 0) is 4.79 Å². The van der Waals surface area contributed by atoms with E-state index in [4.69, 9.17) is 5.11 Å². The Morgan fingerprint density at radius 1 is 1.21 bits per heavy atom. The van der Waals surface area contributed by atoms with E-state index in [9.17, 15) is 9.59 Å². The van der Waals surface area contributed by atoms with Gasteiger partial charge < -0.3 is 15.3 Å². The Kier molecular flexibility index (Phi) is 7.30. The molecule has 0 spiro atoms. The normalized spacial score (nSPS) is 18.6. The molecular formula is C14H26N2O3. The lowest BCUT2D eigenvalue weighted by atomic mass is 10.1. The third-order valence-electron chi connectivity index (χ3n) is 3.61. The van der Waals surface area contributed by atoms with E-state index in [-0.39, 0.29) is 6.03 Å². The number of urea groups is 1. The number of amides is 2. The largest absolute Gasteiger partial charge is 0.480 e. The Labute approximate surface area is 115 Å². The molecule has 0 unspecified atom stereocenters. The molecule has 2 amide bonds. The topological polar surface area (TPSA) is 69.6 Å². The van der Waals surface area contributed by atoms with Crippen molar-refractivity contribution in [2.75, 3.05) is 13.1 Å². The van der Waals surface area contributed by atoms with Gasteiger partial charge in [-0.3, -0.25) is 0 Å². The van der Waals surface area contributed by atoms with Crippen LogP contribution in [0.3, 0.4) is 0 Å². The number of carboxylic acids is 1. The summed E-state index contributed by atoms with van der Waals surface area (Å²) in [7, 11) is 0. The third kappa shape index (κ3) is 5.49. The molecule has 1 aliphatic rings. The number of carboxylic acid groups (broad SMARTS) is 1. The predicted octanol–water partition coefficient (Wildman–Crippen LogP) is 2.61. The molecular weight excluding hydrogens is 244 g/mol. The van der Waals surface area contributed by atoms with Crippen molar-refractivity contribution in [2.24, 2.45) is 0 Å². The van der Waals surface area contributed by atoms with Gasteiger partial charge in [-0.15, -0.1) is 0 Å². The molecule has 1 atom stereocenters. The van der Waals surface area contributed by atoms with Crippen LogP contribution in [0.4, 0.5) is 4.79 Å². The Morgan fingerprint density at radius 3 is 2.58 bits per heavy atom. The molecule has 0 aromatic carbocycles. The summed E-state index contributed by atoms with van der Waals surface area (Å²) < 4.78 is 0. The first-order chi connectivity index (χ1) is 9.16. The van der Waals surface area contributed by atoms with E-state index in [1.807, 2.05) is 0 Å². The van der Waals surface area contributed by atoms with Crippen molar-refractivity contribution in [3.05, 3.63) is 0 Å². The van der Waals surface area contributed by atoms with Gasteiger partial charge in [-0.2, -0.15) is 0 Å². The zero-order valence-corrected chi connectivity index (χ0v) is 11.9. The van der Waals surface area contributed by atoms with Gasteiger partial charge in [-0.05, 0) is 19.3 Å². The Balaban J connectivity index is 2.12. The summed E-state index contributed by atoms with van der Waals surface area (Å²) in [4.78, 5) is 24.3. The van der Waals surface area contributed by atoms with Crippen LogP contribution in [-0.4, -0.2) is 41.1 Å². The van der Waals surface area contributed by atoms with Gasteiger partial charge in [0.1, 0.15) is 6.04 Å². The van der Waals surface area contributed by atoms with Crippen molar-refractivity contribution in [2.45, 2.75) is 64.3 Å². The van der Waals surface area contributed by atoms with Crippen molar-refractivity contribution in [1.29, 1.82) is 0 Å². The van der Waals surface area contributed by atoms with E-state index in [1.165, 1.54) is 30.6 Å². The average molecular weight is 270 g/mol. The molecule has 1 fully saturated rings. The van der Waals surface area contributed by atoms with Crippen LogP contribution in [0.1, 0.15) is 58.3 Å². The van der Waals surface area contributed by atoms with Crippen LogP contribution in [0.5, 0.6) is 0 Å². The minimum Gasteiger partial charge on any atom is -0.480 e. The second-order valence-corrected chi connectivity index (χ2v) is 5.19. The molecule has 2 N–H and O–H groups in total. The number of nitrogens with zero attached hydrogens (tertiary/aromatic N) is 1. The molecule has 0 aliphatic carbocycles. The molecule has 0 aromatic heterocycles. The van der Waals surface area contributed by atoms with E-state index in [2.05, 4.69) is 12.2 Å². The van der Waals surface area contributed by atoms with E-state index in [0.29, 0.717) is 19.5 Å². The van der Waals surface area contributed by atoms with Crippen molar-refractivity contribution >= 4 is 12.0 Å². The highest BCUT2D eigenvalue weighted by molar-refractivity contribution is 5.83.